The van der Waals surface area contributed by atoms with Crippen LogP contribution in [0.3, 0.4) is 0 Å². The van der Waals surface area contributed by atoms with Gasteiger partial charge in [0.2, 0.25) is 0 Å². The molecule has 7 nitrogen and oxygen atoms in total. The second-order valence-electron chi connectivity index (χ2n) is 10.3. The molecule has 1 aliphatic heterocycles. The molecule has 1 saturated heterocycles. The van der Waals surface area contributed by atoms with E-state index in [1.807, 2.05) is 54.6 Å². The molecule has 0 aromatic heterocycles. The SMILES string of the molecule is N=C(N)c1ccc(COCc2ccccc2)c(OCCOC(=C2CCC2)c2ccc(C(=N)N3CCCC3)cc2)c1. The maximum atomic E-state index is 8.54. The Bertz CT molecular complexity index is 1340. The zero-order chi connectivity index (χ0) is 27.7. The molecule has 0 unspecified atom stereocenters. The predicted molar refractivity (Wildman–Crippen MR) is 159 cm³/mol. The van der Waals surface area contributed by atoms with Crippen LogP contribution in [0.4, 0.5) is 0 Å². The molecule has 5 rings (SSSR count). The highest BCUT2D eigenvalue weighted by molar-refractivity contribution is 5.97. The quantitative estimate of drug-likeness (QED) is 0.112. The first-order valence-electron chi connectivity index (χ1n) is 14.1. The topological polar surface area (TPSA) is 105 Å². The minimum absolute atomic E-state index is 0.00360. The van der Waals surface area contributed by atoms with Gasteiger partial charge in [0, 0.05) is 35.3 Å². The molecule has 0 spiro atoms. The van der Waals surface area contributed by atoms with Gasteiger partial charge in [-0.25, -0.2) is 0 Å². The summed E-state index contributed by atoms with van der Waals surface area (Å²) in [6, 6.07) is 23.8. The Morgan fingerprint density at radius 1 is 0.775 bits per heavy atom. The lowest BCUT2D eigenvalue weighted by atomic mass is 9.89. The maximum Gasteiger partial charge on any atom is 0.128 e. The molecule has 2 aliphatic rings. The molecule has 3 aromatic carbocycles. The third kappa shape index (κ3) is 6.90. The molecular weight excluding hydrogens is 500 g/mol. The number of rotatable bonds is 12. The Hall–Kier alpha value is -4.10. The summed E-state index contributed by atoms with van der Waals surface area (Å²) in [5.74, 6) is 2.17. The van der Waals surface area contributed by atoms with Crippen LogP contribution in [0.15, 0.2) is 78.4 Å². The zero-order valence-electron chi connectivity index (χ0n) is 23.0. The van der Waals surface area contributed by atoms with Crippen LogP contribution >= 0.6 is 0 Å². The van der Waals surface area contributed by atoms with Crippen LogP contribution < -0.4 is 10.5 Å². The van der Waals surface area contributed by atoms with E-state index in [4.69, 9.17) is 30.8 Å². The number of nitrogens with one attached hydrogen (secondary N) is 2. The molecule has 7 heteroatoms. The van der Waals surface area contributed by atoms with Gasteiger partial charge in [-0.3, -0.25) is 10.8 Å². The number of nitrogens with two attached hydrogens (primary N) is 1. The number of nitrogens with zero attached hydrogens (tertiary/aromatic N) is 1. The molecular formula is C33H38N4O3. The number of hydrogen-bond donors (Lipinski definition) is 3. The third-order valence-corrected chi connectivity index (χ3v) is 7.46. The number of likely N-dealkylation sites (tertiary alicyclic amines) is 1. The van der Waals surface area contributed by atoms with Crippen molar-refractivity contribution in [3.63, 3.8) is 0 Å². The molecule has 1 heterocycles. The van der Waals surface area contributed by atoms with E-state index in [-0.39, 0.29) is 5.84 Å². The highest BCUT2D eigenvalue weighted by Crippen LogP contribution is 2.34. The van der Waals surface area contributed by atoms with Crippen molar-refractivity contribution in [2.75, 3.05) is 26.3 Å². The van der Waals surface area contributed by atoms with Crippen LogP contribution in [0.5, 0.6) is 5.75 Å². The Morgan fingerprint density at radius 2 is 1.48 bits per heavy atom. The first-order valence-corrected chi connectivity index (χ1v) is 14.1. The van der Waals surface area contributed by atoms with E-state index in [9.17, 15) is 0 Å². The summed E-state index contributed by atoms with van der Waals surface area (Å²) in [5.41, 5.74) is 11.7. The maximum absolute atomic E-state index is 8.54. The van der Waals surface area contributed by atoms with Gasteiger partial charge >= 0.3 is 0 Å². The lowest BCUT2D eigenvalue weighted by Crippen LogP contribution is -2.27. The summed E-state index contributed by atoms with van der Waals surface area (Å²) in [6.07, 6.45) is 5.60. The molecule has 0 atom stereocenters. The molecule has 0 bridgehead atoms. The summed E-state index contributed by atoms with van der Waals surface area (Å²) in [4.78, 5) is 2.15. The van der Waals surface area contributed by atoms with Crippen LogP contribution in [0.2, 0.25) is 0 Å². The van der Waals surface area contributed by atoms with Gasteiger partial charge in [-0.15, -0.1) is 0 Å². The summed E-state index contributed by atoms with van der Waals surface area (Å²) in [5, 5.41) is 16.4. The highest BCUT2D eigenvalue weighted by atomic mass is 16.5. The van der Waals surface area contributed by atoms with E-state index in [1.165, 1.54) is 12.0 Å². The van der Waals surface area contributed by atoms with Crippen LogP contribution in [-0.4, -0.2) is 42.9 Å². The minimum atomic E-state index is -0.00360. The number of nitrogen functional groups attached to an aromatic ring is 1. The minimum Gasteiger partial charge on any atom is -0.490 e. The van der Waals surface area contributed by atoms with E-state index >= 15 is 0 Å². The second kappa shape index (κ2) is 13.3. The molecule has 1 saturated carbocycles. The van der Waals surface area contributed by atoms with E-state index in [2.05, 4.69) is 17.0 Å². The van der Waals surface area contributed by atoms with Gasteiger partial charge < -0.3 is 24.8 Å². The van der Waals surface area contributed by atoms with Crippen molar-refractivity contribution in [2.45, 2.75) is 45.3 Å². The predicted octanol–water partition coefficient (Wildman–Crippen LogP) is 6.10. The monoisotopic (exact) mass is 538 g/mol. The summed E-state index contributed by atoms with van der Waals surface area (Å²) >= 11 is 0. The molecule has 3 aromatic rings. The standard InChI is InChI=1S/C33H38N4O3/c34-32(35)28-15-16-29(23-38-22-24-7-2-1-3-8-24)30(21-28)39-19-20-40-31(25-9-6-10-25)26-11-13-27(14-12-26)33(36)37-17-4-5-18-37/h1-3,7-8,11-16,21,36H,4-6,9-10,17-20,22-23H2,(H3,34,35). The van der Waals surface area contributed by atoms with Crippen LogP contribution in [0.25, 0.3) is 5.76 Å². The second-order valence-corrected chi connectivity index (χ2v) is 10.3. The lowest BCUT2D eigenvalue weighted by Gasteiger charge is -2.23. The average Bonchev–Trinajstić information content (AvgIpc) is 3.50. The van der Waals surface area contributed by atoms with Crippen molar-refractivity contribution in [1.29, 1.82) is 10.8 Å². The summed E-state index contributed by atoms with van der Waals surface area (Å²) in [7, 11) is 0. The van der Waals surface area contributed by atoms with Crippen molar-refractivity contribution >= 4 is 17.4 Å². The van der Waals surface area contributed by atoms with Gasteiger partial charge in [0.25, 0.3) is 0 Å². The van der Waals surface area contributed by atoms with Crippen molar-refractivity contribution in [1.82, 2.24) is 4.90 Å². The average molecular weight is 539 g/mol. The number of hydrogen-bond acceptors (Lipinski definition) is 5. The van der Waals surface area contributed by atoms with Gasteiger partial charge in [-0.2, -0.15) is 0 Å². The Balaban J connectivity index is 1.20. The van der Waals surface area contributed by atoms with E-state index < -0.39 is 0 Å². The molecule has 0 radical (unpaired) electrons. The molecule has 2 fully saturated rings. The van der Waals surface area contributed by atoms with Crippen LogP contribution in [0, 0.1) is 10.8 Å². The van der Waals surface area contributed by atoms with Crippen molar-refractivity contribution in [3.8, 4) is 5.75 Å². The van der Waals surface area contributed by atoms with Gasteiger partial charge in [0.1, 0.15) is 36.4 Å². The summed E-state index contributed by atoms with van der Waals surface area (Å²) in [6.45, 7) is 3.56. The van der Waals surface area contributed by atoms with E-state index in [1.54, 1.807) is 6.07 Å². The lowest BCUT2D eigenvalue weighted by molar-refractivity contribution is 0.103. The third-order valence-electron chi connectivity index (χ3n) is 7.46. The van der Waals surface area contributed by atoms with E-state index in [0.29, 0.717) is 43.6 Å². The van der Waals surface area contributed by atoms with Crippen LogP contribution in [-0.2, 0) is 22.7 Å². The first-order chi connectivity index (χ1) is 19.6. The molecule has 0 amide bonds. The fraction of sp³-hybridized carbons (Fsp3) is 0.333. The van der Waals surface area contributed by atoms with Crippen molar-refractivity contribution < 1.29 is 14.2 Å². The number of ether oxygens (including phenoxy) is 3. The Morgan fingerprint density at radius 3 is 2.15 bits per heavy atom. The fourth-order valence-electron chi connectivity index (χ4n) is 5.00. The van der Waals surface area contributed by atoms with E-state index in [0.717, 1.165) is 66.8 Å². The first kappa shape index (κ1) is 27.5. The fourth-order valence-corrected chi connectivity index (χ4v) is 5.00. The van der Waals surface area contributed by atoms with Crippen LogP contribution in [0.1, 0.15) is 59.9 Å². The van der Waals surface area contributed by atoms with Gasteiger partial charge in [0.15, 0.2) is 0 Å². The largest absolute Gasteiger partial charge is 0.490 e. The van der Waals surface area contributed by atoms with Gasteiger partial charge in [0.05, 0.1) is 13.2 Å². The van der Waals surface area contributed by atoms with Gasteiger partial charge in [-0.05, 0) is 49.3 Å². The van der Waals surface area contributed by atoms with Crippen molar-refractivity contribution in [2.24, 2.45) is 5.73 Å². The molecule has 208 valence electrons. The Kier molecular flexibility index (Phi) is 9.14. The normalized spacial score (nSPS) is 14.5. The summed E-state index contributed by atoms with van der Waals surface area (Å²) < 4.78 is 18.4. The molecule has 1 aliphatic carbocycles. The number of amidine groups is 2. The Labute approximate surface area is 236 Å². The highest BCUT2D eigenvalue weighted by Gasteiger charge is 2.20. The zero-order valence-corrected chi connectivity index (χ0v) is 23.0. The number of allylic oxidation sites excluding steroid dienone is 1. The molecule has 4 N–H and O–H groups in total. The molecule has 40 heavy (non-hydrogen) atoms. The number of benzene rings is 3. The van der Waals surface area contributed by atoms with Gasteiger partial charge in [-0.1, -0.05) is 66.7 Å². The smallest absolute Gasteiger partial charge is 0.128 e. The van der Waals surface area contributed by atoms with Crippen molar-refractivity contribution in [3.05, 3.63) is 106 Å².